The van der Waals surface area contributed by atoms with Gasteiger partial charge in [0, 0.05) is 35.7 Å². The number of hydrogen-bond donors (Lipinski definition) is 3. The molecule has 4 N–H and O–H groups in total. The summed E-state index contributed by atoms with van der Waals surface area (Å²) < 4.78 is 0. The van der Waals surface area contributed by atoms with Crippen molar-refractivity contribution < 1.29 is 5.11 Å². The SMILES string of the molecule is CCC(CCO)NC1(CN)CSC(C)C1. The van der Waals surface area contributed by atoms with Crippen molar-refractivity contribution >= 4 is 11.8 Å². The topological polar surface area (TPSA) is 58.3 Å². The summed E-state index contributed by atoms with van der Waals surface area (Å²) in [5.74, 6) is 1.10. The van der Waals surface area contributed by atoms with Crippen LogP contribution in [-0.2, 0) is 0 Å². The monoisotopic (exact) mass is 232 g/mol. The summed E-state index contributed by atoms with van der Waals surface area (Å²) in [4.78, 5) is 0. The fraction of sp³-hybridized carbons (Fsp3) is 1.00. The maximum atomic E-state index is 8.97. The second-order valence-electron chi connectivity index (χ2n) is 4.57. The van der Waals surface area contributed by atoms with E-state index in [9.17, 15) is 0 Å². The number of hydrogen-bond acceptors (Lipinski definition) is 4. The number of nitrogens with two attached hydrogens (primary N) is 1. The Morgan fingerprint density at radius 1 is 1.67 bits per heavy atom. The van der Waals surface area contributed by atoms with Crippen LogP contribution in [-0.4, -0.2) is 40.8 Å². The zero-order chi connectivity index (χ0) is 11.3. The molecule has 1 heterocycles. The molecule has 1 aliphatic rings. The Labute approximate surface area is 97.2 Å². The summed E-state index contributed by atoms with van der Waals surface area (Å²) in [5.41, 5.74) is 6.00. The van der Waals surface area contributed by atoms with Crippen LogP contribution in [0.4, 0.5) is 0 Å². The van der Waals surface area contributed by atoms with E-state index in [2.05, 4.69) is 19.2 Å². The van der Waals surface area contributed by atoms with Crippen LogP contribution in [0, 0.1) is 0 Å². The van der Waals surface area contributed by atoms with E-state index >= 15 is 0 Å². The smallest absolute Gasteiger partial charge is 0.0445 e. The summed E-state index contributed by atoms with van der Waals surface area (Å²) in [6.07, 6.45) is 3.04. The molecule has 0 aromatic rings. The normalized spacial score (nSPS) is 33.2. The van der Waals surface area contributed by atoms with E-state index in [0.717, 1.165) is 25.0 Å². The van der Waals surface area contributed by atoms with Crippen LogP contribution >= 0.6 is 11.8 Å². The fourth-order valence-electron chi connectivity index (χ4n) is 2.24. The van der Waals surface area contributed by atoms with Gasteiger partial charge in [0.1, 0.15) is 0 Å². The van der Waals surface area contributed by atoms with E-state index in [0.29, 0.717) is 17.8 Å². The van der Waals surface area contributed by atoms with E-state index in [-0.39, 0.29) is 12.1 Å². The second kappa shape index (κ2) is 6.09. The van der Waals surface area contributed by atoms with Crippen LogP contribution in [0.15, 0.2) is 0 Å². The van der Waals surface area contributed by atoms with Crippen LogP contribution in [0.1, 0.15) is 33.1 Å². The van der Waals surface area contributed by atoms with Crippen molar-refractivity contribution in [3.05, 3.63) is 0 Å². The lowest BCUT2D eigenvalue weighted by atomic mass is 9.94. The third kappa shape index (κ3) is 3.63. The maximum absolute atomic E-state index is 8.97. The highest BCUT2D eigenvalue weighted by atomic mass is 32.2. The molecule has 3 atom stereocenters. The van der Waals surface area contributed by atoms with Crippen molar-refractivity contribution in [2.24, 2.45) is 5.73 Å². The van der Waals surface area contributed by atoms with Gasteiger partial charge in [-0.3, -0.25) is 0 Å². The minimum absolute atomic E-state index is 0.111. The first-order valence-corrected chi connectivity index (χ1v) is 6.91. The van der Waals surface area contributed by atoms with Gasteiger partial charge in [-0.05, 0) is 19.3 Å². The van der Waals surface area contributed by atoms with Crippen molar-refractivity contribution in [3.63, 3.8) is 0 Å². The third-order valence-corrected chi connectivity index (χ3v) is 4.65. The number of rotatable bonds is 6. The Kier molecular flexibility index (Phi) is 5.39. The predicted octanol–water partition coefficient (Wildman–Crippen LogP) is 0.960. The van der Waals surface area contributed by atoms with Gasteiger partial charge >= 0.3 is 0 Å². The molecule has 0 radical (unpaired) electrons. The lowest BCUT2D eigenvalue weighted by Crippen LogP contribution is -2.55. The Morgan fingerprint density at radius 2 is 2.40 bits per heavy atom. The maximum Gasteiger partial charge on any atom is 0.0445 e. The molecule has 15 heavy (non-hydrogen) atoms. The van der Waals surface area contributed by atoms with Gasteiger partial charge in [-0.15, -0.1) is 0 Å². The Balaban J connectivity index is 2.51. The summed E-state index contributed by atoms with van der Waals surface area (Å²) >= 11 is 1.99. The minimum Gasteiger partial charge on any atom is -0.396 e. The molecule has 0 aliphatic carbocycles. The molecule has 0 aromatic carbocycles. The van der Waals surface area contributed by atoms with Crippen molar-refractivity contribution in [2.75, 3.05) is 18.9 Å². The fourth-order valence-corrected chi connectivity index (χ4v) is 3.60. The molecule has 0 aromatic heterocycles. The number of nitrogens with one attached hydrogen (secondary N) is 1. The molecule has 0 spiro atoms. The number of thioether (sulfide) groups is 1. The molecule has 4 heteroatoms. The lowest BCUT2D eigenvalue weighted by molar-refractivity contribution is 0.233. The van der Waals surface area contributed by atoms with Gasteiger partial charge in [-0.2, -0.15) is 11.8 Å². The van der Waals surface area contributed by atoms with E-state index in [1.54, 1.807) is 0 Å². The molecule has 1 rings (SSSR count). The summed E-state index contributed by atoms with van der Waals surface area (Å²) in [6.45, 7) is 5.38. The molecule has 1 aliphatic heterocycles. The Bertz CT molecular complexity index is 191. The standard InChI is InChI=1S/C11H24N2OS/c1-3-10(4-5-14)13-11(7-12)6-9(2)15-8-11/h9-10,13-14H,3-8,12H2,1-2H3. The van der Waals surface area contributed by atoms with Crippen LogP contribution in [0.5, 0.6) is 0 Å². The lowest BCUT2D eigenvalue weighted by Gasteiger charge is -2.33. The summed E-state index contributed by atoms with van der Waals surface area (Å²) in [6, 6.07) is 0.407. The third-order valence-electron chi connectivity index (χ3n) is 3.19. The highest BCUT2D eigenvalue weighted by molar-refractivity contribution is 8.00. The van der Waals surface area contributed by atoms with Gasteiger partial charge in [-0.25, -0.2) is 0 Å². The zero-order valence-corrected chi connectivity index (χ0v) is 10.6. The molecule has 0 bridgehead atoms. The first-order chi connectivity index (χ1) is 7.15. The molecule has 1 fully saturated rings. The van der Waals surface area contributed by atoms with E-state index in [1.807, 2.05) is 11.8 Å². The van der Waals surface area contributed by atoms with Crippen molar-refractivity contribution in [3.8, 4) is 0 Å². The molecule has 3 unspecified atom stereocenters. The largest absolute Gasteiger partial charge is 0.396 e. The molecule has 0 saturated carbocycles. The average Bonchev–Trinajstić information content (AvgIpc) is 2.60. The number of aliphatic hydroxyl groups excluding tert-OH is 1. The highest BCUT2D eigenvalue weighted by Gasteiger charge is 2.37. The molecule has 0 amide bonds. The predicted molar refractivity (Wildman–Crippen MR) is 67.2 cm³/mol. The van der Waals surface area contributed by atoms with E-state index in [4.69, 9.17) is 10.8 Å². The summed E-state index contributed by atoms with van der Waals surface area (Å²) in [7, 11) is 0. The molecular weight excluding hydrogens is 208 g/mol. The van der Waals surface area contributed by atoms with Crippen LogP contribution in [0.2, 0.25) is 0 Å². The Morgan fingerprint density at radius 3 is 2.80 bits per heavy atom. The van der Waals surface area contributed by atoms with Gasteiger partial charge in [0.25, 0.3) is 0 Å². The van der Waals surface area contributed by atoms with E-state index < -0.39 is 0 Å². The van der Waals surface area contributed by atoms with E-state index in [1.165, 1.54) is 0 Å². The Hall–Kier alpha value is 0.230. The molecule has 90 valence electrons. The van der Waals surface area contributed by atoms with Crippen LogP contribution in [0.25, 0.3) is 0 Å². The molecule has 1 saturated heterocycles. The van der Waals surface area contributed by atoms with Crippen LogP contribution in [0.3, 0.4) is 0 Å². The van der Waals surface area contributed by atoms with Crippen molar-refractivity contribution in [1.82, 2.24) is 5.32 Å². The molecule has 3 nitrogen and oxygen atoms in total. The highest BCUT2D eigenvalue weighted by Crippen LogP contribution is 2.34. The number of aliphatic hydroxyl groups is 1. The van der Waals surface area contributed by atoms with Crippen molar-refractivity contribution in [1.29, 1.82) is 0 Å². The van der Waals surface area contributed by atoms with Gasteiger partial charge in [-0.1, -0.05) is 13.8 Å². The minimum atomic E-state index is 0.111. The van der Waals surface area contributed by atoms with Gasteiger partial charge in [0.15, 0.2) is 0 Å². The first kappa shape index (κ1) is 13.3. The van der Waals surface area contributed by atoms with Gasteiger partial charge < -0.3 is 16.2 Å². The van der Waals surface area contributed by atoms with Crippen LogP contribution < -0.4 is 11.1 Å². The zero-order valence-electron chi connectivity index (χ0n) is 9.83. The molecular formula is C11H24N2OS. The van der Waals surface area contributed by atoms with Gasteiger partial charge in [0.2, 0.25) is 0 Å². The summed E-state index contributed by atoms with van der Waals surface area (Å²) in [5, 5.41) is 13.3. The quantitative estimate of drug-likeness (QED) is 0.638. The van der Waals surface area contributed by atoms with Crippen molar-refractivity contribution in [2.45, 2.75) is 49.9 Å². The second-order valence-corrected chi connectivity index (χ2v) is 6.00. The average molecular weight is 232 g/mol. The van der Waals surface area contributed by atoms with Gasteiger partial charge in [0.05, 0.1) is 0 Å². The first-order valence-electron chi connectivity index (χ1n) is 5.86.